The van der Waals surface area contributed by atoms with Gasteiger partial charge in [-0.2, -0.15) is 5.10 Å². The second kappa shape index (κ2) is 7.71. The van der Waals surface area contributed by atoms with Crippen molar-refractivity contribution >= 4 is 57.2 Å². The average molecular weight is 486 g/mol. The molecule has 2 aliphatic heterocycles. The molecular formula is C18H17ClIN3O3. The molecule has 6 nitrogen and oxygen atoms in total. The van der Waals surface area contributed by atoms with Crippen LogP contribution >= 0.6 is 34.2 Å². The lowest BCUT2D eigenvalue weighted by atomic mass is 9.96. The van der Waals surface area contributed by atoms with Crippen LogP contribution in [0.2, 0.25) is 5.02 Å². The van der Waals surface area contributed by atoms with Crippen molar-refractivity contribution < 1.29 is 14.6 Å². The molecular weight excluding hydrogens is 469 g/mol. The molecule has 0 amide bonds. The van der Waals surface area contributed by atoms with Crippen LogP contribution in [0.5, 0.6) is 0 Å². The summed E-state index contributed by atoms with van der Waals surface area (Å²) in [7, 11) is 0. The summed E-state index contributed by atoms with van der Waals surface area (Å²) in [5.41, 5.74) is 8.97. The van der Waals surface area contributed by atoms with E-state index < -0.39 is 5.97 Å². The van der Waals surface area contributed by atoms with Gasteiger partial charge in [-0.05, 0) is 37.3 Å². The largest absolute Gasteiger partial charge is 0.500 e. The molecule has 2 atom stereocenters. The average Bonchev–Trinajstić information content (AvgIpc) is 2.95. The number of ether oxygens (including phenoxy) is 1. The van der Waals surface area contributed by atoms with Crippen LogP contribution in [-0.4, -0.2) is 27.4 Å². The van der Waals surface area contributed by atoms with Crippen molar-refractivity contribution in [3.05, 3.63) is 58.9 Å². The number of nitrogens with zero attached hydrogens (tertiary/aromatic N) is 2. The first-order chi connectivity index (χ1) is 12.4. The first-order valence-corrected chi connectivity index (χ1v) is 9.51. The molecule has 1 aromatic rings. The lowest BCUT2D eigenvalue weighted by Gasteiger charge is -2.24. The highest BCUT2D eigenvalue weighted by Crippen LogP contribution is 2.38. The molecule has 136 valence electrons. The number of halogens is 2. The van der Waals surface area contributed by atoms with Gasteiger partial charge >= 0.3 is 5.97 Å². The van der Waals surface area contributed by atoms with Gasteiger partial charge in [-0.15, -0.1) is 0 Å². The van der Waals surface area contributed by atoms with Crippen molar-refractivity contribution in [2.75, 3.05) is 17.3 Å². The molecule has 0 aromatic heterocycles. The number of nitrogen functional groups attached to an aromatic ring is 1. The fraction of sp³-hybridized carbons (Fsp3) is 0.222. The van der Waals surface area contributed by atoms with E-state index in [0.29, 0.717) is 17.3 Å². The van der Waals surface area contributed by atoms with Gasteiger partial charge in [0.1, 0.15) is 4.05 Å². The molecule has 3 rings (SSSR count). The molecule has 0 saturated heterocycles. The number of alkyl halides is 1. The van der Waals surface area contributed by atoms with E-state index in [0.717, 1.165) is 17.0 Å². The summed E-state index contributed by atoms with van der Waals surface area (Å²) < 4.78 is 5.62. The molecule has 0 radical (unpaired) electrons. The van der Waals surface area contributed by atoms with E-state index in [1.807, 2.05) is 11.1 Å². The summed E-state index contributed by atoms with van der Waals surface area (Å²) in [6, 6.07) is 5.41. The highest BCUT2D eigenvalue weighted by atomic mass is 127. The van der Waals surface area contributed by atoms with Crippen LogP contribution in [0.25, 0.3) is 0 Å². The molecule has 2 aliphatic rings. The lowest BCUT2D eigenvalue weighted by Crippen LogP contribution is -2.32. The molecule has 8 heteroatoms. The maximum absolute atomic E-state index is 11.1. The summed E-state index contributed by atoms with van der Waals surface area (Å²) in [4.78, 5) is 11.1. The minimum Gasteiger partial charge on any atom is -0.500 e. The zero-order valence-corrected chi connectivity index (χ0v) is 16.8. The Morgan fingerprint density at radius 1 is 1.54 bits per heavy atom. The summed E-state index contributed by atoms with van der Waals surface area (Å²) in [6.07, 6.45) is 6.43. The number of carbonyl (C=O) groups is 1. The zero-order chi connectivity index (χ0) is 18.8. The van der Waals surface area contributed by atoms with Crippen LogP contribution < -0.4 is 10.7 Å². The number of carboxylic acid groups (broad SMARTS) is 1. The van der Waals surface area contributed by atoms with Crippen molar-refractivity contribution in [2.45, 2.75) is 11.0 Å². The number of allylic oxidation sites excluding steroid dienone is 3. The van der Waals surface area contributed by atoms with Gasteiger partial charge in [0, 0.05) is 5.57 Å². The van der Waals surface area contributed by atoms with Crippen molar-refractivity contribution in [1.82, 2.24) is 0 Å². The molecule has 0 bridgehead atoms. The molecule has 0 spiro atoms. The number of fused-ring (bicyclic) bond motifs is 1. The van der Waals surface area contributed by atoms with E-state index in [1.165, 1.54) is 0 Å². The van der Waals surface area contributed by atoms with E-state index in [1.54, 1.807) is 43.5 Å². The third kappa shape index (κ3) is 3.59. The van der Waals surface area contributed by atoms with Gasteiger partial charge in [0.2, 0.25) is 0 Å². The predicted octanol–water partition coefficient (Wildman–Crippen LogP) is 3.98. The maximum Gasteiger partial charge on any atom is 0.335 e. The Kier molecular flexibility index (Phi) is 5.57. The Morgan fingerprint density at radius 3 is 2.96 bits per heavy atom. The Bertz CT molecular complexity index is 863. The zero-order valence-electron chi connectivity index (χ0n) is 13.9. The van der Waals surface area contributed by atoms with Crippen LogP contribution in [0.4, 0.5) is 11.4 Å². The third-order valence-corrected chi connectivity index (χ3v) is 5.89. The highest BCUT2D eigenvalue weighted by Gasteiger charge is 2.39. The van der Waals surface area contributed by atoms with Gasteiger partial charge in [0.15, 0.2) is 0 Å². The fourth-order valence-corrected chi connectivity index (χ4v) is 3.90. The highest BCUT2D eigenvalue weighted by molar-refractivity contribution is 14.1. The summed E-state index contributed by atoms with van der Waals surface area (Å²) in [6.45, 7) is 2.20. The second-order valence-corrected chi connectivity index (χ2v) is 7.49. The molecule has 0 saturated carbocycles. The number of hydrogen-bond acceptors (Lipinski definition) is 5. The van der Waals surface area contributed by atoms with E-state index in [2.05, 4.69) is 22.6 Å². The minimum atomic E-state index is -0.976. The Morgan fingerprint density at radius 2 is 2.31 bits per heavy atom. The summed E-state index contributed by atoms with van der Waals surface area (Å²) in [5, 5.41) is 16.2. The van der Waals surface area contributed by atoms with Crippen molar-refractivity contribution in [1.29, 1.82) is 0 Å². The minimum absolute atomic E-state index is 0.0417. The van der Waals surface area contributed by atoms with Gasteiger partial charge in [-0.25, -0.2) is 4.79 Å². The maximum atomic E-state index is 11.1. The Balaban J connectivity index is 1.91. The monoisotopic (exact) mass is 485 g/mol. The molecule has 0 fully saturated rings. The Hall–Kier alpha value is -2.00. The number of hydrogen-bond donors (Lipinski definition) is 2. The van der Waals surface area contributed by atoms with Gasteiger partial charge in [0.25, 0.3) is 0 Å². The molecule has 0 unspecified atom stereocenters. The van der Waals surface area contributed by atoms with Gasteiger partial charge in [-0.3, -0.25) is 5.01 Å². The number of anilines is 2. The predicted molar refractivity (Wildman–Crippen MR) is 112 cm³/mol. The summed E-state index contributed by atoms with van der Waals surface area (Å²) in [5.74, 6) is -0.911. The number of carboxylic acids is 1. The second-order valence-electron chi connectivity index (χ2n) is 5.80. The van der Waals surface area contributed by atoms with Crippen LogP contribution in [0.3, 0.4) is 0 Å². The lowest BCUT2D eigenvalue weighted by molar-refractivity contribution is -0.132. The molecule has 1 aromatic carbocycles. The van der Waals surface area contributed by atoms with Crippen molar-refractivity contribution in [3.63, 3.8) is 0 Å². The van der Waals surface area contributed by atoms with E-state index in [4.69, 9.17) is 32.3 Å². The first-order valence-electron chi connectivity index (χ1n) is 7.89. The van der Waals surface area contributed by atoms with Gasteiger partial charge in [0.05, 0.1) is 46.5 Å². The fourth-order valence-electron chi connectivity index (χ4n) is 2.73. The van der Waals surface area contributed by atoms with Crippen LogP contribution in [0.1, 0.15) is 6.92 Å². The smallest absolute Gasteiger partial charge is 0.335 e. The van der Waals surface area contributed by atoms with E-state index in [-0.39, 0.29) is 15.5 Å². The first kappa shape index (κ1) is 18.8. The number of nitrogens with two attached hydrogens (primary N) is 1. The summed E-state index contributed by atoms with van der Waals surface area (Å²) >= 11 is 8.46. The van der Waals surface area contributed by atoms with Crippen molar-refractivity contribution in [2.24, 2.45) is 11.0 Å². The van der Waals surface area contributed by atoms with E-state index in [9.17, 15) is 4.79 Å². The SMILES string of the molecule is C/C=C(\C=C/C1=COC[C@@H]2C1=NN(c1ccc(N)c(Cl)c1)[C@@H]2I)C(=O)O. The van der Waals surface area contributed by atoms with Crippen LogP contribution in [0.15, 0.2) is 58.9 Å². The molecule has 2 heterocycles. The quantitative estimate of drug-likeness (QED) is 0.168. The Labute approximate surface area is 169 Å². The topological polar surface area (TPSA) is 88.1 Å². The number of benzene rings is 1. The number of hydrazone groups is 1. The van der Waals surface area contributed by atoms with Crippen LogP contribution in [-0.2, 0) is 9.53 Å². The molecule has 0 aliphatic carbocycles. The van der Waals surface area contributed by atoms with Gasteiger partial charge in [-0.1, -0.05) is 40.3 Å². The molecule has 26 heavy (non-hydrogen) atoms. The number of aliphatic carboxylic acids is 1. The normalized spacial score (nSPS) is 22.7. The van der Waals surface area contributed by atoms with Crippen molar-refractivity contribution in [3.8, 4) is 0 Å². The third-order valence-electron chi connectivity index (χ3n) is 4.16. The standard InChI is InChI=1S/C18H17ClIN3O3/c1-2-10(18(24)25)3-4-11-8-26-9-13-16(11)22-23(17(13)20)12-5-6-15(21)14(19)7-12/h2-8,13,17H,9,21H2,1H3,(H,24,25)/b4-3-,10-2+/t13-,17+/m1/s1. The van der Waals surface area contributed by atoms with Gasteiger partial charge < -0.3 is 15.6 Å². The van der Waals surface area contributed by atoms with E-state index >= 15 is 0 Å². The molecule has 3 N–H and O–H groups in total. The van der Waals surface area contributed by atoms with Crippen LogP contribution in [0, 0.1) is 5.92 Å². The number of rotatable bonds is 4.